The molecule has 0 aromatic carbocycles. The van der Waals surface area contributed by atoms with Gasteiger partial charge in [-0.05, 0) is 49.9 Å². The Morgan fingerprint density at radius 3 is 2.79 bits per heavy atom. The van der Waals surface area contributed by atoms with Crippen LogP contribution in [0.3, 0.4) is 0 Å². The third kappa shape index (κ3) is 2.43. The normalized spacial score (nSPS) is 37.7. The van der Waals surface area contributed by atoms with Crippen LogP contribution in [-0.4, -0.2) is 19.1 Å². The minimum atomic E-state index is 0.235. The number of halogens is 1. The highest BCUT2D eigenvalue weighted by Gasteiger charge is 2.38. The number of rotatable bonds is 5. The summed E-state index contributed by atoms with van der Waals surface area (Å²) in [6.45, 7) is 0.711. The molecule has 0 radical (unpaired) electrons. The molecular weight excluding hydrogens is 196 g/mol. The minimum absolute atomic E-state index is 0.235. The van der Waals surface area contributed by atoms with Gasteiger partial charge in [0.2, 0.25) is 0 Å². The minimum Gasteiger partial charge on any atom is -0.383 e. The molecule has 2 heteroatoms. The van der Waals surface area contributed by atoms with Gasteiger partial charge < -0.3 is 4.74 Å². The number of methoxy groups -OCH3 is 1. The topological polar surface area (TPSA) is 9.23 Å². The van der Waals surface area contributed by atoms with E-state index in [2.05, 4.69) is 0 Å². The van der Waals surface area contributed by atoms with E-state index in [-0.39, 0.29) is 5.38 Å². The van der Waals surface area contributed by atoms with E-state index in [0.717, 1.165) is 24.2 Å². The SMILES string of the molecule is COCC(Cl)CCC1CC2CCC1C2. The Balaban J connectivity index is 1.66. The fraction of sp³-hybridized carbons (Fsp3) is 1.00. The number of fused-ring (bicyclic) bond motifs is 2. The Bertz CT molecular complexity index is 183. The van der Waals surface area contributed by atoms with Crippen LogP contribution in [0.15, 0.2) is 0 Å². The molecule has 0 saturated heterocycles. The first-order valence-electron chi connectivity index (χ1n) is 5.92. The smallest absolute Gasteiger partial charge is 0.0626 e. The van der Waals surface area contributed by atoms with E-state index >= 15 is 0 Å². The van der Waals surface area contributed by atoms with Gasteiger partial charge in [-0.3, -0.25) is 0 Å². The summed E-state index contributed by atoms with van der Waals surface area (Å²) in [6, 6.07) is 0. The standard InChI is InChI=1S/C12H21ClO/c1-14-8-12(13)5-4-11-7-9-2-3-10(11)6-9/h9-12H,2-8H2,1H3. The van der Waals surface area contributed by atoms with Crippen LogP contribution < -0.4 is 0 Å². The summed E-state index contributed by atoms with van der Waals surface area (Å²) < 4.78 is 5.05. The van der Waals surface area contributed by atoms with Gasteiger partial charge >= 0.3 is 0 Å². The Hall–Kier alpha value is 0.250. The predicted octanol–water partition coefficient (Wildman–Crippen LogP) is 3.46. The lowest BCUT2D eigenvalue weighted by atomic mass is 9.85. The van der Waals surface area contributed by atoms with E-state index in [0.29, 0.717) is 6.61 Å². The summed E-state index contributed by atoms with van der Waals surface area (Å²) in [5.74, 6) is 3.11. The highest BCUT2D eigenvalue weighted by atomic mass is 35.5. The van der Waals surface area contributed by atoms with Gasteiger partial charge in [-0.2, -0.15) is 0 Å². The molecule has 4 unspecified atom stereocenters. The van der Waals surface area contributed by atoms with Crippen molar-refractivity contribution in [3.8, 4) is 0 Å². The Morgan fingerprint density at radius 2 is 2.21 bits per heavy atom. The van der Waals surface area contributed by atoms with Crippen molar-refractivity contribution in [1.29, 1.82) is 0 Å². The van der Waals surface area contributed by atoms with E-state index in [9.17, 15) is 0 Å². The number of ether oxygens (including phenoxy) is 1. The number of alkyl halides is 1. The summed E-state index contributed by atoms with van der Waals surface area (Å²) in [7, 11) is 1.73. The molecule has 2 rings (SSSR count). The molecule has 2 aliphatic carbocycles. The summed E-state index contributed by atoms with van der Waals surface area (Å²) >= 11 is 6.14. The first-order chi connectivity index (χ1) is 6.79. The van der Waals surface area contributed by atoms with Crippen LogP contribution in [0.4, 0.5) is 0 Å². The molecule has 0 amide bonds. The van der Waals surface area contributed by atoms with Crippen LogP contribution in [0.5, 0.6) is 0 Å². The largest absolute Gasteiger partial charge is 0.383 e. The van der Waals surface area contributed by atoms with Gasteiger partial charge in [-0.25, -0.2) is 0 Å². The van der Waals surface area contributed by atoms with Gasteiger partial charge in [0.1, 0.15) is 0 Å². The maximum absolute atomic E-state index is 6.14. The van der Waals surface area contributed by atoms with Gasteiger partial charge in [0.05, 0.1) is 12.0 Å². The molecule has 0 heterocycles. The van der Waals surface area contributed by atoms with Crippen LogP contribution in [0.25, 0.3) is 0 Å². The van der Waals surface area contributed by atoms with Crippen molar-refractivity contribution >= 4 is 11.6 Å². The van der Waals surface area contributed by atoms with Crippen molar-refractivity contribution in [3.63, 3.8) is 0 Å². The summed E-state index contributed by atoms with van der Waals surface area (Å²) in [6.07, 6.45) is 8.47. The monoisotopic (exact) mass is 216 g/mol. The Morgan fingerprint density at radius 1 is 1.36 bits per heavy atom. The summed E-state index contributed by atoms with van der Waals surface area (Å²) in [5, 5.41) is 0.235. The van der Waals surface area contributed by atoms with Crippen molar-refractivity contribution in [2.75, 3.05) is 13.7 Å². The Kier molecular flexibility index (Phi) is 3.73. The van der Waals surface area contributed by atoms with Gasteiger partial charge in [-0.15, -0.1) is 11.6 Å². The first kappa shape index (κ1) is 10.8. The van der Waals surface area contributed by atoms with Crippen molar-refractivity contribution in [1.82, 2.24) is 0 Å². The number of hydrogen-bond acceptors (Lipinski definition) is 1. The molecule has 1 nitrogen and oxygen atoms in total. The molecule has 0 spiro atoms. The summed E-state index contributed by atoms with van der Waals surface area (Å²) in [4.78, 5) is 0. The fourth-order valence-corrected chi connectivity index (χ4v) is 3.64. The average molecular weight is 217 g/mol. The molecule has 2 bridgehead atoms. The van der Waals surface area contributed by atoms with Crippen molar-refractivity contribution < 1.29 is 4.74 Å². The molecule has 2 fully saturated rings. The lowest BCUT2D eigenvalue weighted by molar-refractivity contribution is 0.190. The van der Waals surface area contributed by atoms with Gasteiger partial charge in [0.25, 0.3) is 0 Å². The fourth-order valence-electron chi connectivity index (χ4n) is 3.39. The van der Waals surface area contributed by atoms with E-state index in [1.165, 1.54) is 32.1 Å². The molecule has 0 N–H and O–H groups in total. The van der Waals surface area contributed by atoms with Crippen LogP contribution in [0.2, 0.25) is 0 Å². The third-order valence-electron chi connectivity index (χ3n) is 4.08. The van der Waals surface area contributed by atoms with E-state index in [1.54, 1.807) is 7.11 Å². The highest BCUT2D eigenvalue weighted by molar-refractivity contribution is 6.20. The molecule has 0 aliphatic heterocycles. The lowest BCUT2D eigenvalue weighted by Crippen LogP contribution is -2.14. The molecule has 2 aliphatic rings. The van der Waals surface area contributed by atoms with Crippen LogP contribution in [-0.2, 0) is 4.74 Å². The molecular formula is C12H21ClO. The molecule has 2 saturated carbocycles. The third-order valence-corrected chi connectivity index (χ3v) is 4.43. The van der Waals surface area contributed by atoms with Crippen LogP contribution >= 0.6 is 11.6 Å². The lowest BCUT2D eigenvalue weighted by Gasteiger charge is -2.22. The van der Waals surface area contributed by atoms with Gasteiger partial charge in [0, 0.05) is 7.11 Å². The number of hydrogen-bond donors (Lipinski definition) is 0. The zero-order chi connectivity index (χ0) is 9.97. The molecule has 4 atom stereocenters. The van der Waals surface area contributed by atoms with E-state index in [1.807, 2.05) is 0 Å². The zero-order valence-corrected chi connectivity index (χ0v) is 9.80. The summed E-state index contributed by atoms with van der Waals surface area (Å²) in [5.41, 5.74) is 0. The second-order valence-electron chi connectivity index (χ2n) is 5.06. The van der Waals surface area contributed by atoms with Crippen molar-refractivity contribution in [2.24, 2.45) is 17.8 Å². The maximum atomic E-state index is 6.14. The van der Waals surface area contributed by atoms with Crippen LogP contribution in [0, 0.1) is 17.8 Å². The molecule has 14 heavy (non-hydrogen) atoms. The molecule has 0 aromatic rings. The Labute approximate surface area is 92.2 Å². The van der Waals surface area contributed by atoms with E-state index in [4.69, 9.17) is 16.3 Å². The van der Waals surface area contributed by atoms with Gasteiger partial charge in [0.15, 0.2) is 0 Å². The average Bonchev–Trinajstić information content (AvgIpc) is 2.76. The maximum Gasteiger partial charge on any atom is 0.0626 e. The van der Waals surface area contributed by atoms with Crippen molar-refractivity contribution in [2.45, 2.75) is 43.9 Å². The molecule has 0 aromatic heterocycles. The van der Waals surface area contributed by atoms with E-state index < -0.39 is 0 Å². The van der Waals surface area contributed by atoms with Gasteiger partial charge in [-0.1, -0.05) is 6.42 Å². The van der Waals surface area contributed by atoms with Crippen molar-refractivity contribution in [3.05, 3.63) is 0 Å². The second kappa shape index (κ2) is 4.85. The first-order valence-corrected chi connectivity index (χ1v) is 6.36. The second-order valence-corrected chi connectivity index (χ2v) is 5.68. The molecule has 82 valence electrons. The quantitative estimate of drug-likeness (QED) is 0.640. The predicted molar refractivity (Wildman–Crippen MR) is 59.7 cm³/mol. The highest BCUT2D eigenvalue weighted by Crippen LogP contribution is 2.50. The zero-order valence-electron chi connectivity index (χ0n) is 9.05. The van der Waals surface area contributed by atoms with Crippen LogP contribution in [0.1, 0.15) is 38.5 Å².